The lowest BCUT2D eigenvalue weighted by Crippen LogP contribution is -1.93. The zero-order valence-corrected chi connectivity index (χ0v) is 9.75. The molecule has 0 aliphatic carbocycles. The second kappa shape index (κ2) is 4.19. The van der Waals surface area contributed by atoms with Crippen molar-refractivity contribution in [2.24, 2.45) is 5.92 Å². The first-order chi connectivity index (χ1) is 7.16. The first-order valence-corrected chi connectivity index (χ1v) is 5.58. The van der Waals surface area contributed by atoms with Crippen LogP contribution in [-0.2, 0) is 6.42 Å². The Kier molecular flexibility index (Phi) is 2.92. The normalized spacial score (nSPS) is 11.2. The van der Waals surface area contributed by atoms with E-state index in [-0.39, 0.29) is 0 Å². The molecule has 1 nitrogen and oxygen atoms in total. The lowest BCUT2D eigenvalue weighted by molar-refractivity contribution is 0.648. The average molecular weight is 220 g/mol. The first kappa shape index (κ1) is 10.4. The van der Waals surface area contributed by atoms with E-state index in [9.17, 15) is 0 Å². The van der Waals surface area contributed by atoms with Crippen LogP contribution in [0.5, 0.6) is 0 Å². The summed E-state index contributed by atoms with van der Waals surface area (Å²) in [4.78, 5) is 4.06. The molecule has 0 bridgehead atoms. The molecular weight excluding hydrogens is 206 g/mol. The second-order valence-electron chi connectivity index (χ2n) is 4.26. The third-order valence-corrected chi connectivity index (χ3v) is 2.73. The number of pyridine rings is 1. The van der Waals surface area contributed by atoms with Crippen molar-refractivity contribution in [3.05, 3.63) is 41.2 Å². The lowest BCUT2D eigenvalue weighted by Gasteiger charge is -2.06. The fraction of sp³-hybridized carbons (Fsp3) is 0.308. The Morgan fingerprint density at radius 2 is 2.07 bits per heavy atom. The van der Waals surface area contributed by atoms with Crippen LogP contribution < -0.4 is 0 Å². The van der Waals surface area contributed by atoms with Gasteiger partial charge in [0, 0.05) is 11.6 Å². The van der Waals surface area contributed by atoms with Gasteiger partial charge in [-0.2, -0.15) is 0 Å². The molecule has 0 spiro atoms. The fourth-order valence-corrected chi connectivity index (χ4v) is 2.02. The number of halogens is 1. The monoisotopic (exact) mass is 219 g/mol. The highest BCUT2D eigenvalue weighted by Gasteiger charge is 2.02. The number of hydrogen-bond acceptors (Lipinski definition) is 1. The molecule has 0 amide bonds. The maximum absolute atomic E-state index is 6.00. The van der Waals surface area contributed by atoms with Crippen molar-refractivity contribution in [1.29, 1.82) is 0 Å². The summed E-state index contributed by atoms with van der Waals surface area (Å²) >= 11 is 6.00. The minimum atomic E-state index is 0.587. The van der Waals surface area contributed by atoms with Gasteiger partial charge in [-0.3, -0.25) is 0 Å². The summed E-state index contributed by atoms with van der Waals surface area (Å²) in [5.74, 6) is 0.680. The Bertz CT molecular complexity index is 477. The Morgan fingerprint density at radius 3 is 2.80 bits per heavy atom. The smallest absolute Gasteiger partial charge is 0.136 e. The third-order valence-electron chi connectivity index (χ3n) is 2.42. The van der Waals surface area contributed by atoms with Crippen molar-refractivity contribution in [3.8, 4) is 0 Å². The molecule has 0 atom stereocenters. The largest absolute Gasteiger partial charge is 0.244 e. The van der Waals surface area contributed by atoms with Crippen LogP contribution in [0.2, 0.25) is 5.15 Å². The predicted octanol–water partition coefficient (Wildman–Crippen LogP) is 4.09. The fourth-order valence-electron chi connectivity index (χ4n) is 1.79. The first-order valence-electron chi connectivity index (χ1n) is 5.20. The number of nitrogens with zero attached hydrogens (tertiary/aromatic N) is 1. The summed E-state index contributed by atoms with van der Waals surface area (Å²) in [6, 6.07) is 8.40. The van der Waals surface area contributed by atoms with Crippen LogP contribution in [0.15, 0.2) is 30.5 Å². The maximum atomic E-state index is 6.00. The highest BCUT2D eigenvalue weighted by Crippen LogP contribution is 2.22. The number of hydrogen-bond donors (Lipinski definition) is 0. The van der Waals surface area contributed by atoms with E-state index < -0.39 is 0 Å². The molecule has 1 aromatic heterocycles. The molecule has 0 radical (unpaired) electrons. The SMILES string of the molecule is CC(C)Cc1ccc2c(Cl)nccc2c1. The van der Waals surface area contributed by atoms with Crippen LogP contribution >= 0.6 is 11.6 Å². The summed E-state index contributed by atoms with van der Waals surface area (Å²) < 4.78 is 0. The van der Waals surface area contributed by atoms with Crippen molar-refractivity contribution in [3.63, 3.8) is 0 Å². The van der Waals surface area contributed by atoms with Gasteiger partial charge < -0.3 is 0 Å². The molecule has 1 aromatic carbocycles. The molecule has 0 aliphatic heterocycles. The summed E-state index contributed by atoms with van der Waals surface area (Å²) in [5, 5.41) is 2.79. The topological polar surface area (TPSA) is 12.9 Å². The van der Waals surface area contributed by atoms with Gasteiger partial charge in [-0.15, -0.1) is 0 Å². The molecule has 0 N–H and O–H groups in total. The minimum absolute atomic E-state index is 0.587. The van der Waals surface area contributed by atoms with Crippen molar-refractivity contribution >= 4 is 22.4 Å². The standard InChI is InChI=1S/C13H14ClN/c1-9(2)7-10-3-4-12-11(8-10)5-6-15-13(12)14/h3-6,8-9H,7H2,1-2H3. The van der Waals surface area contributed by atoms with Crippen LogP contribution in [0.25, 0.3) is 10.8 Å². The molecular formula is C13H14ClN. The van der Waals surface area contributed by atoms with Crippen LogP contribution in [0.1, 0.15) is 19.4 Å². The van der Waals surface area contributed by atoms with Gasteiger partial charge >= 0.3 is 0 Å². The van der Waals surface area contributed by atoms with E-state index in [1.807, 2.05) is 6.07 Å². The number of benzene rings is 1. The molecule has 78 valence electrons. The molecule has 2 aromatic rings. The van der Waals surface area contributed by atoms with Gasteiger partial charge in [0.25, 0.3) is 0 Å². The zero-order chi connectivity index (χ0) is 10.8. The zero-order valence-electron chi connectivity index (χ0n) is 9.00. The minimum Gasteiger partial charge on any atom is -0.244 e. The molecule has 0 fully saturated rings. The van der Waals surface area contributed by atoms with Crippen LogP contribution in [-0.4, -0.2) is 4.98 Å². The third kappa shape index (κ3) is 2.29. The molecule has 0 aliphatic rings. The van der Waals surface area contributed by atoms with Crippen LogP contribution in [0, 0.1) is 5.92 Å². The molecule has 1 heterocycles. The Hall–Kier alpha value is -1.08. The molecule has 0 saturated carbocycles. The van der Waals surface area contributed by atoms with E-state index in [0.717, 1.165) is 11.8 Å². The summed E-state index contributed by atoms with van der Waals surface area (Å²) in [7, 11) is 0. The Morgan fingerprint density at radius 1 is 1.27 bits per heavy atom. The molecule has 2 heteroatoms. The quantitative estimate of drug-likeness (QED) is 0.694. The highest BCUT2D eigenvalue weighted by molar-refractivity contribution is 6.34. The van der Waals surface area contributed by atoms with E-state index in [2.05, 4.69) is 37.0 Å². The van der Waals surface area contributed by atoms with Crippen molar-refractivity contribution in [1.82, 2.24) is 4.98 Å². The maximum Gasteiger partial charge on any atom is 0.136 e. The number of aromatic nitrogens is 1. The van der Waals surface area contributed by atoms with E-state index in [1.165, 1.54) is 10.9 Å². The van der Waals surface area contributed by atoms with Crippen molar-refractivity contribution in [2.45, 2.75) is 20.3 Å². The van der Waals surface area contributed by atoms with Gasteiger partial charge in [-0.05, 0) is 29.4 Å². The molecule has 0 saturated heterocycles. The lowest BCUT2D eigenvalue weighted by atomic mass is 10.0. The molecule has 0 unspecified atom stereocenters. The van der Waals surface area contributed by atoms with Gasteiger partial charge in [-0.25, -0.2) is 4.98 Å². The Labute approximate surface area is 95.1 Å². The Balaban J connectivity index is 2.48. The van der Waals surface area contributed by atoms with E-state index >= 15 is 0 Å². The number of fused-ring (bicyclic) bond motifs is 1. The van der Waals surface area contributed by atoms with Crippen molar-refractivity contribution in [2.75, 3.05) is 0 Å². The van der Waals surface area contributed by atoms with Gasteiger partial charge in [0.1, 0.15) is 5.15 Å². The van der Waals surface area contributed by atoms with Gasteiger partial charge in [0.15, 0.2) is 0 Å². The second-order valence-corrected chi connectivity index (χ2v) is 4.61. The molecule has 15 heavy (non-hydrogen) atoms. The summed E-state index contributed by atoms with van der Waals surface area (Å²) in [6.07, 6.45) is 2.86. The van der Waals surface area contributed by atoms with Gasteiger partial charge in [-0.1, -0.05) is 43.6 Å². The van der Waals surface area contributed by atoms with Gasteiger partial charge in [0.2, 0.25) is 0 Å². The van der Waals surface area contributed by atoms with Crippen LogP contribution in [0.3, 0.4) is 0 Å². The highest BCUT2D eigenvalue weighted by atomic mass is 35.5. The van der Waals surface area contributed by atoms with Crippen LogP contribution in [0.4, 0.5) is 0 Å². The van der Waals surface area contributed by atoms with Crippen molar-refractivity contribution < 1.29 is 0 Å². The van der Waals surface area contributed by atoms with Gasteiger partial charge in [0.05, 0.1) is 0 Å². The number of rotatable bonds is 2. The summed E-state index contributed by atoms with van der Waals surface area (Å²) in [6.45, 7) is 4.45. The van der Waals surface area contributed by atoms with E-state index in [4.69, 9.17) is 11.6 Å². The molecule has 2 rings (SSSR count). The van der Waals surface area contributed by atoms with E-state index in [0.29, 0.717) is 11.1 Å². The summed E-state index contributed by atoms with van der Waals surface area (Å²) in [5.41, 5.74) is 1.36. The average Bonchev–Trinajstić information content (AvgIpc) is 2.17. The van der Waals surface area contributed by atoms with E-state index in [1.54, 1.807) is 6.20 Å². The predicted molar refractivity (Wildman–Crippen MR) is 65.3 cm³/mol.